The highest BCUT2D eigenvalue weighted by Crippen LogP contribution is 2.23. The van der Waals surface area contributed by atoms with Crippen LogP contribution in [0.2, 0.25) is 0 Å². The lowest BCUT2D eigenvalue weighted by Gasteiger charge is -2.05. The number of hydrogen-bond donors (Lipinski definition) is 1. The number of aryl methyl sites for hydroxylation is 2. The Morgan fingerprint density at radius 2 is 2.06 bits per heavy atom. The van der Waals surface area contributed by atoms with Crippen molar-refractivity contribution in [2.45, 2.75) is 13.8 Å². The van der Waals surface area contributed by atoms with Gasteiger partial charge in [-0.2, -0.15) is 0 Å². The summed E-state index contributed by atoms with van der Waals surface area (Å²) in [5.74, 6) is -0.736. The molecule has 0 spiro atoms. The number of hydrogen-bond acceptors (Lipinski definition) is 2. The molecule has 94 valence electrons. The number of amides is 1. The molecule has 2 rings (SSSR count). The van der Waals surface area contributed by atoms with Gasteiger partial charge in [0.05, 0.1) is 10.6 Å². The predicted octanol–water partition coefficient (Wildman–Crippen LogP) is 4.52. The maximum atomic E-state index is 13.6. The van der Waals surface area contributed by atoms with E-state index in [4.69, 9.17) is 0 Å². The first kappa shape index (κ1) is 13.2. The quantitative estimate of drug-likeness (QED) is 0.863. The van der Waals surface area contributed by atoms with Crippen molar-refractivity contribution in [1.82, 2.24) is 0 Å². The molecule has 0 aliphatic rings. The number of rotatable bonds is 2. The molecule has 0 bridgehead atoms. The Kier molecular flexibility index (Phi) is 3.82. The zero-order valence-electron chi connectivity index (χ0n) is 9.88. The Labute approximate surface area is 117 Å². The van der Waals surface area contributed by atoms with Gasteiger partial charge in [-0.25, -0.2) is 4.39 Å². The van der Waals surface area contributed by atoms with E-state index in [-0.39, 0.29) is 11.6 Å². The Morgan fingerprint density at radius 3 is 2.61 bits per heavy atom. The van der Waals surface area contributed by atoms with Crippen molar-refractivity contribution in [1.29, 1.82) is 0 Å². The fourth-order valence-electron chi connectivity index (χ4n) is 1.46. The van der Waals surface area contributed by atoms with Crippen LogP contribution >= 0.6 is 27.3 Å². The van der Waals surface area contributed by atoms with E-state index in [2.05, 4.69) is 21.2 Å². The van der Waals surface area contributed by atoms with Crippen molar-refractivity contribution in [3.8, 4) is 0 Å². The SMILES string of the molecule is Cc1cc(C(=O)Nc2ccc(Br)cc2F)sc1C. The first-order valence-electron chi connectivity index (χ1n) is 5.31. The average molecular weight is 328 g/mol. The molecule has 1 N–H and O–H groups in total. The highest BCUT2D eigenvalue weighted by Gasteiger charge is 2.12. The maximum Gasteiger partial charge on any atom is 0.265 e. The standard InChI is InChI=1S/C13H11BrFNOS/c1-7-5-12(18-8(7)2)13(17)16-11-4-3-9(14)6-10(11)15/h3-6H,1-2H3,(H,16,17). The molecular formula is C13H11BrFNOS. The number of thiophene rings is 1. The van der Waals surface area contributed by atoms with E-state index < -0.39 is 5.82 Å². The van der Waals surface area contributed by atoms with Crippen LogP contribution in [0.5, 0.6) is 0 Å². The second-order valence-corrected chi connectivity index (χ2v) is 6.10. The number of carbonyl (C=O) groups excluding carboxylic acids is 1. The molecule has 5 heteroatoms. The molecule has 0 aliphatic carbocycles. The van der Waals surface area contributed by atoms with Crippen LogP contribution in [-0.4, -0.2) is 5.91 Å². The Morgan fingerprint density at radius 1 is 1.33 bits per heavy atom. The summed E-state index contributed by atoms with van der Waals surface area (Å²) in [7, 11) is 0. The summed E-state index contributed by atoms with van der Waals surface area (Å²) in [5.41, 5.74) is 1.26. The van der Waals surface area contributed by atoms with E-state index in [1.165, 1.54) is 23.5 Å². The van der Waals surface area contributed by atoms with Gasteiger partial charge in [0.2, 0.25) is 0 Å². The van der Waals surface area contributed by atoms with Crippen molar-refractivity contribution in [2.24, 2.45) is 0 Å². The molecule has 1 aromatic carbocycles. The van der Waals surface area contributed by atoms with Crippen LogP contribution in [0.4, 0.5) is 10.1 Å². The number of carbonyl (C=O) groups is 1. The summed E-state index contributed by atoms with van der Waals surface area (Å²) < 4.78 is 14.2. The van der Waals surface area contributed by atoms with Crippen molar-refractivity contribution in [3.05, 3.63) is 49.9 Å². The highest BCUT2D eigenvalue weighted by molar-refractivity contribution is 9.10. The Hall–Kier alpha value is -1.20. The van der Waals surface area contributed by atoms with E-state index in [0.29, 0.717) is 9.35 Å². The zero-order valence-corrected chi connectivity index (χ0v) is 12.3. The topological polar surface area (TPSA) is 29.1 Å². The molecule has 1 aromatic heterocycles. The molecule has 18 heavy (non-hydrogen) atoms. The molecule has 1 amide bonds. The summed E-state index contributed by atoms with van der Waals surface area (Å²) >= 11 is 4.58. The molecular weight excluding hydrogens is 317 g/mol. The van der Waals surface area contributed by atoms with Gasteiger partial charge in [-0.05, 0) is 43.7 Å². The molecule has 2 nitrogen and oxygen atoms in total. The average Bonchev–Trinajstić information content (AvgIpc) is 2.63. The summed E-state index contributed by atoms with van der Waals surface area (Å²) in [6, 6.07) is 6.35. The maximum absolute atomic E-state index is 13.6. The van der Waals surface area contributed by atoms with E-state index >= 15 is 0 Å². The normalized spacial score (nSPS) is 10.4. The Bertz CT molecular complexity index is 590. The first-order valence-corrected chi connectivity index (χ1v) is 6.92. The smallest absolute Gasteiger partial charge is 0.265 e. The van der Waals surface area contributed by atoms with Crippen LogP contribution in [-0.2, 0) is 0 Å². The van der Waals surface area contributed by atoms with Gasteiger partial charge >= 0.3 is 0 Å². The fraction of sp³-hybridized carbons (Fsp3) is 0.154. The van der Waals surface area contributed by atoms with Gasteiger partial charge in [-0.1, -0.05) is 15.9 Å². The lowest BCUT2D eigenvalue weighted by Crippen LogP contribution is -2.11. The van der Waals surface area contributed by atoms with Gasteiger partial charge in [0, 0.05) is 9.35 Å². The monoisotopic (exact) mass is 327 g/mol. The number of anilines is 1. The summed E-state index contributed by atoms with van der Waals surface area (Å²) in [5, 5.41) is 2.57. The van der Waals surface area contributed by atoms with Crippen LogP contribution in [0.25, 0.3) is 0 Å². The zero-order chi connectivity index (χ0) is 13.3. The predicted molar refractivity (Wildman–Crippen MR) is 75.8 cm³/mol. The van der Waals surface area contributed by atoms with Gasteiger partial charge in [0.25, 0.3) is 5.91 Å². The number of benzene rings is 1. The molecule has 1 heterocycles. The van der Waals surface area contributed by atoms with Crippen molar-refractivity contribution in [3.63, 3.8) is 0 Å². The third-order valence-corrected chi connectivity index (χ3v) is 4.21. The molecule has 0 saturated carbocycles. The third-order valence-electron chi connectivity index (χ3n) is 2.57. The molecule has 0 atom stereocenters. The third kappa shape index (κ3) is 2.79. The van der Waals surface area contributed by atoms with Crippen molar-refractivity contribution in [2.75, 3.05) is 5.32 Å². The minimum Gasteiger partial charge on any atom is -0.319 e. The lowest BCUT2D eigenvalue weighted by molar-refractivity contribution is 0.103. The van der Waals surface area contributed by atoms with Crippen LogP contribution in [0.15, 0.2) is 28.7 Å². The van der Waals surface area contributed by atoms with E-state index in [1.807, 2.05) is 19.9 Å². The van der Waals surface area contributed by atoms with Crippen LogP contribution in [0.3, 0.4) is 0 Å². The molecule has 0 aliphatic heterocycles. The highest BCUT2D eigenvalue weighted by atomic mass is 79.9. The molecule has 2 aromatic rings. The van der Waals surface area contributed by atoms with Crippen LogP contribution in [0.1, 0.15) is 20.1 Å². The van der Waals surface area contributed by atoms with Crippen molar-refractivity contribution < 1.29 is 9.18 Å². The molecule has 0 unspecified atom stereocenters. The van der Waals surface area contributed by atoms with Gasteiger partial charge in [-0.3, -0.25) is 4.79 Å². The van der Waals surface area contributed by atoms with E-state index in [0.717, 1.165) is 10.4 Å². The minimum atomic E-state index is -0.456. The van der Waals surface area contributed by atoms with Gasteiger partial charge in [0.15, 0.2) is 0 Å². The number of halogens is 2. The second-order valence-electron chi connectivity index (χ2n) is 3.93. The van der Waals surface area contributed by atoms with Gasteiger partial charge < -0.3 is 5.32 Å². The summed E-state index contributed by atoms with van der Waals surface area (Å²) in [4.78, 5) is 13.6. The molecule has 0 fully saturated rings. The summed E-state index contributed by atoms with van der Waals surface area (Å²) in [6.07, 6.45) is 0. The molecule has 0 saturated heterocycles. The van der Waals surface area contributed by atoms with E-state index in [1.54, 1.807) is 6.07 Å². The van der Waals surface area contributed by atoms with Crippen LogP contribution in [0, 0.1) is 19.7 Å². The van der Waals surface area contributed by atoms with Gasteiger partial charge in [0.1, 0.15) is 5.82 Å². The van der Waals surface area contributed by atoms with Gasteiger partial charge in [-0.15, -0.1) is 11.3 Å². The minimum absolute atomic E-state index is 0.187. The fourth-order valence-corrected chi connectivity index (χ4v) is 2.72. The summed E-state index contributed by atoms with van der Waals surface area (Å²) in [6.45, 7) is 3.90. The van der Waals surface area contributed by atoms with E-state index in [9.17, 15) is 9.18 Å². The van der Waals surface area contributed by atoms with Crippen molar-refractivity contribution >= 4 is 38.9 Å². The van der Waals surface area contributed by atoms with Crippen LogP contribution < -0.4 is 5.32 Å². The molecule has 0 radical (unpaired) electrons. The second kappa shape index (κ2) is 5.20. The number of nitrogens with one attached hydrogen (secondary N) is 1. The lowest BCUT2D eigenvalue weighted by atomic mass is 10.2. The first-order chi connectivity index (χ1) is 8.47. The largest absolute Gasteiger partial charge is 0.319 e. The Balaban J connectivity index is 2.21.